The van der Waals surface area contributed by atoms with E-state index in [0.29, 0.717) is 18.7 Å². The minimum absolute atomic E-state index is 0.162. The van der Waals surface area contributed by atoms with Crippen LogP contribution in [0.25, 0.3) is 11.2 Å². The van der Waals surface area contributed by atoms with Crippen molar-refractivity contribution in [3.8, 4) is 5.75 Å². The van der Waals surface area contributed by atoms with Crippen molar-refractivity contribution in [3.63, 3.8) is 0 Å². The van der Waals surface area contributed by atoms with Gasteiger partial charge in [-0.05, 0) is 57.9 Å². The first kappa shape index (κ1) is 19.1. The molecular weight excluding hydrogens is 432 g/mol. The van der Waals surface area contributed by atoms with E-state index in [1.54, 1.807) is 19.4 Å². The highest BCUT2D eigenvalue weighted by molar-refractivity contribution is 9.10. The van der Waals surface area contributed by atoms with Crippen molar-refractivity contribution in [3.05, 3.63) is 88.3 Å². The zero-order valence-corrected chi connectivity index (χ0v) is 17.4. The number of benzene rings is 2. The molecule has 0 bridgehead atoms. The van der Waals surface area contributed by atoms with Crippen LogP contribution in [0, 0.1) is 0 Å². The average Bonchev–Trinajstić information content (AvgIpc) is 3.10. The monoisotopic (exact) mass is 450 g/mol. The van der Waals surface area contributed by atoms with Crippen LogP contribution in [0.15, 0.2) is 71.3 Å². The maximum absolute atomic E-state index is 12.6. The summed E-state index contributed by atoms with van der Waals surface area (Å²) in [5, 5.41) is 2.96. The van der Waals surface area contributed by atoms with E-state index < -0.39 is 0 Å². The van der Waals surface area contributed by atoms with E-state index >= 15 is 0 Å². The lowest BCUT2D eigenvalue weighted by Gasteiger charge is -2.11. The molecular formula is C22H19BrN4O2. The number of halogens is 1. The van der Waals surface area contributed by atoms with Crippen molar-refractivity contribution in [2.45, 2.75) is 13.1 Å². The first-order valence-electron chi connectivity index (χ1n) is 9.11. The summed E-state index contributed by atoms with van der Waals surface area (Å²) in [5.74, 6) is 1.37. The predicted molar refractivity (Wildman–Crippen MR) is 115 cm³/mol. The molecule has 0 radical (unpaired) electrons. The number of aromatic nitrogens is 3. The highest BCUT2D eigenvalue weighted by Gasteiger charge is 2.15. The number of amides is 1. The van der Waals surface area contributed by atoms with E-state index in [1.165, 1.54) is 0 Å². The maximum Gasteiger partial charge on any atom is 0.252 e. The highest BCUT2D eigenvalue weighted by Crippen LogP contribution is 2.19. The normalized spacial score (nSPS) is 10.8. The number of pyridine rings is 1. The van der Waals surface area contributed by atoms with E-state index in [-0.39, 0.29) is 5.91 Å². The molecule has 29 heavy (non-hydrogen) atoms. The Balaban J connectivity index is 1.63. The van der Waals surface area contributed by atoms with Crippen LogP contribution in [0.3, 0.4) is 0 Å². The molecule has 4 aromatic rings. The van der Waals surface area contributed by atoms with Gasteiger partial charge in [0, 0.05) is 10.7 Å². The van der Waals surface area contributed by atoms with Gasteiger partial charge in [0.2, 0.25) is 0 Å². The summed E-state index contributed by atoms with van der Waals surface area (Å²) in [7, 11) is 1.65. The van der Waals surface area contributed by atoms with Gasteiger partial charge in [-0.3, -0.25) is 4.79 Å². The molecule has 0 fully saturated rings. The molecule has 4 rings (SSSR count). The van der Waals surface area contributed by atoms with Crippen molar-refractivity contribution in [1.82, 2.24) is 19.9 Å². The number of ether oxygens (including phenoxy) is 1. The number of nitrogens with one attached hydrogen (secondary N) is 1. The van der Waals surface area contributed by atoms with Crippen LogP contribution in [-0.2, 0) is 13.1 Å². The lowest BCUT2D eigenvalue weighted by molar-refractivity contribution is 0.0949. The van der Waals surface area contributed by atoms with E-state index in [0.717, 1.165) is 32.8 Å². The Morgan fingerprint density at radius 2 is 2.00 bits per heavy atom. The van der Waals surface area contributed by atoms with Gasteiger partial charge in [-0.25, -0.2) is 9.97 Å². The minimum Gasteiger partial charge on any atom is -0.497 e. The second-order valence-corrected chi connectivity index (χ2v) is 7.33. The summed E-state index contributed by atoms with van der Waals surface area (Å²) in [6.07, 6.45) is 1.75. The van der Waals surface area contributed by atoms with Crippen molar-refractivity contribution in [2.75, 3.05) is 7.11 Å². The smallest absolute Gasteiger partial charge is 0.252 e. The lowest BCUT2D eigenvalue weighted by Crippen LogP contribution is -2.25. The van der Waals surface area contributed by atoms with Gasteiger partial charge >= 0.3 is 0 Å². The van der Waals surface area contributed by atoms with E-state index in [9.17, 15) is 4.79 Å². The summed E-state index contributed by atoms with van der Waals surface area (Å²) in [4.78, 5) is 21.8. The van der Waals surface area contributed by atoms with Crippen molar-refractivity contribution in [2.24, 2.45) is 0 Å². The molecule has 7 heteroatoms. The molecule has 146 valence electrons. The Hall–Kier alpha value is -3.19. The van der Waals surface area contributed by atoms with Crippen LogP contribution in [0.1, 0.15) is 21.7 Å². The Labute approximate surface area is 176 Å². The topological polar surface area (TPSA) is 69.0 Å². The molecule has 2 heterocycles. The Bertz CT molecular complexity index is 1170. The number of methoxy groups -OCH3 is 1. The molecule has 0 atom stereocenters. The molecule has 0 saturated carbocycles. The number of nitrogens with zero attached hydrogens (tertiary/aromatic N) is 3. The van der Waals surface area contributed by atoms with Crippen molar-refractivity contribution < 1.29 is 9.53 Å². The molecule has 1 N–H and O–H groups in total. The molecule has 0 unspecified atom stereocenters. The number of hydrogen-bond donors (Lipinski definition) is 1. The number of carbonyl (C=O) groups is 1. The lowest BCUT2D eigenvalue weighted by atomic mass is 10.2. The van der Waals surface area contributed by atoms with Gasteiger partial charge in [-0.2, -0.15) is 0 Å². The Morgan fingerprint density at radius 3 is 2.83 bits per heavy atom. The van der Waals surface area contributed by atoms with E-state index in [4.69, 9.17) is 4.74 Å². The van der Waals surface area contributed by atoms with Crippen LogP contribution in [0.5, 0.6) is 5.75 Å². The molecule has 2 aromatic heterocycles. The van der Waals surface area contributed by atoms with Gasteiger partial charge < -0.3 is 14.6 Å². The number of carbonyl (C=O) groups excluding carboxylic acids is 1. The largest absolute Gasteiger partial charge is 0.497 e. The molecule has 1 amide bonds. The Morgan fingerprint density at radius 1 is 1.14 bits per heavy atom. The number of hydrogen-bond acceptors (Lipinski definition) is 4. The molecule has 0 aliphatic heterocycles. The first-order valence-corrected chi connectivity index (χ1v) is 9.91. The Kier molecular flexibility index (Phi) is 5.57. The predicted octanol–water partition coefficient (Wildman–Crippen LogP) is 4.18. The van der Waals surface area contributed by atoms with Crippen LogP contribution in [0.4, 0.5) is 0 Å². The van der Waals surface area contributed by atoms with Gasteiger partial charge in [0.1, 0.15) is 17.1 Å². The third kappa shape index (κ3) is 4.14. The third-order valence-corrected chi connectivity index (χ3v) is 5.27. The van der Waals surface area contributed by atoms with Crippen molar-refractivity contribution in [1.29, 1.82) is 0 Å². The van der Waals surface area contributed by atoms with Crippen LogP contribution in [0.2, 0.25) is 0 Å². The van der Waals surface area contributed by atoms with E-state index in [2.05, 4.69) is 31.2 Å². The zero-order chi connectivity index (χ0) is 20.2. The molecule has 2 aromatic carbocycles. The van der Waals surface area contributed by atoms with E-state index in [1.807, 2.05) is 59.2 Å². The first-order chi connectivity index (χ1) is 14.2. The quantitative estimate of drug-likeness (QED) is 0.478. The van der Waals surface area contributed by atoms with Crippen molar-refractivity contribution >= 4 is 33.0 Å². The fraction of sp³-hybridized carbons (Fsp3) is 0.136. The SMILES string of the molecule is COc1cccc(Cn2c(CNC(=O)c3ccccc3Br)nc3cccnc32)c1. The summed E-state index contributed by atoms with van der Waals surface area (Å²) >= 11 is 3.42. The van der Waals surface area contributed by atoms with Gasteiger partial charge in [0.15, 0.2) is 5.65 Å². The minimum atomic E-state index is -0.162. The second-order valence-electron chi connectivity index (χ2n) is 6.47. The average molecular weight is 451 g/mol. The number of imidazole rings is 1. The zero-order valence-electron chi connectivity index (χ0n) is 15.8. The molecule has 0 saturated heterocycles. The fourth-order valence-corrected chi connectivity index (χ4v) is 3.62. The van der Waals surface area contributed by atoms with Crippen LogP contribution < -0.4 is 10.1 Å². The molecule has 0 aliphatic rings. The number of fused-ring (bicyclic) bond motifs is 1. The van der Waals surface area contributed by atoms with Crippen LogP contribution in [-0.4, -0.2) is 27.6 Å². The summed E-state index contributed by atoms with van der Waals surface area (Å²) in [6.45, 7) is 0.867. The summed E-state index contributed by atoms with van der Waals surface area (Å²) in [5.41, 5.74) is 3.22. The standard InChI is InChI=1S/C22H19BrN4O2/c1-29-16-7-4-6-15(12-16)14-27-20(26-19-10-5-11-24-21(19)27)13-25-22(28)17-8-2-3-9-18(17)23/h2-12H,13-14H2,1H3,(H,25,28). The fourth-order valence-electron chi connectivity index (χ4n) is 3.16. The van der Waals surface area contributed by atoms with Gasteiger partial charge in [-0.15, -0.1) is 0 Å². The number of rotatable bonds is 6. The summed E-state index contributed by atoms with van der Waals surface area (Å²) < 4.78 is 8.10. The molecule has 0 spiro atoms. The molecule has 6 nitrogen and oxygen atoms in total. The second kappa shape index (κ2) is 8.45. The van der Waals surface area contributed by atoms with Gasteiger partial charge in [0.25, 0.3) is 5.91 Å². The third-order valence-electron chi connectivity index (χ3n) is 4.58. The summed E-state index contributed by atoms with van der Waals surface area (Å²) in [6, 6.07) is 19.0. The van der Waals surface area contributed by atoms with Gasteiger partial charge in [0.05, 0.1) is 25.8 Å². The molecule has 0 aliphatic carbocycles. The maximum atomic E-state index is 12.6. The van der Waals surface area contributed by atoms with Crippen LogP contribution >= 0.6 is 15.9 Å². The van der Waals surface area contributed by atoms with Gasteiger partial charge in [-0.1, -0.05) is 24.3 Å². The highest BCUT2D eigenvalue weighted by atomic mass is 79.9.